The Bertz CT molecular complexity index is 175. The number of unbranched alkanes of at least 4 members (excludes halogenated alkanes) is 13. The third-order valence-electron chi connectivity index (χ3n) is 3.71. The predicted octanol–water partition coefficient (Wildman–Crippen LogP) is 6.63. The smallest absolute Gasteiger partial charge is 0.0784 e. The van der Waals surface area contributed by atoms with Gasteiger partial charge in [0.1, 0.15) is 0 Å². The first-order valence-electron chi connectivity index (χ1n) is 8.59. The number of allylic oxidation sites excluding steroid dienone is 1. The maximum absolute atomic E-state index is 4.87. The summed E-state index contributed by atoms with van der Waals surface area (Å²) < 4.78 is 4.87. The first-order valence-corrected chi connectivity index (χ1v) is 8.59. The minimum atomic E-state index is 1.17. The lowest BCUT2D eigenvalue weighted by atomic mass is 10.0. The Balaban J connectivity index is 2.93. The van der Waals surface area contributed by atoms with E-state index in [0.717, 1.165) is 0 Å². The molecule has 0 aliphatic rings. The Kier molecular flexibility index (Phi) is 17.1. The second-order valence-corrected chi connectivity index (χ2v) is 5.64. The molecule has 0 rings (SSSR count). The van der Waals surface area contributed by atoms with Gasteiger partial charge in [-0.3, -0.25) is 0 Å². The number of ether oxygens (including phenoxy) is 1. The molecule has 1 heteroatoms. The van der Waals surface area contributed by atoms with E-state index >= 15 is 0 Å². The number of hydrogen-bond acceptors (Lipinski definition) is 1. The lowest BCUT2D eigenvalue weighted by Crippen LogP contribution is -1.82. The van der Waals surface area contributed by atoms with Crippen molar-refractivity contribution < 1.29 is 4.74 Å². The summed E-state index contributed by atoms with van der Waals surface area (Å²) in [4.78, 5) is 0. The Morgan fingerprint density at radius 1 is 0.632 bits per heavy atom. The van der Waals surface area contributed by atoms with Crippen molar-refractivity contribution in [3.05, 3.63) is 12.3 Å². The fourth-order valence-electron chi connectivity index (χ4n) is 2.44. The van der Waals surface area contributed by atoms with Crippen molar-refractivity contribution >= 4 is 0 Å². The molecule has 0 unspecified atom stereocenters. The van der Waals surface area contributed by atoms with E-state index < -0.39 is 0 Å². The highest BCUT2D eigenvalue weighted by atomic mass is 16.5. The highest BCUT2D eigenvalue weighted by Gasteiger charge is 1.93. The molecule has 0 saturated carbocycles. The summed E-state index contributed by atoms with van der Waals surface area (Å²) in [5, 5.41) is 0. The maximum Gasteiger partial charge on any atom is 0.0784 e. The van der Waals surface area contributed by atoms with Gasteiger partial charge in [0.05, 0.1) is 13.4 Å². The van der Waals surface area contributed by atoms with Gasteiger partial charge in [0.25, 0.3) is 0 Å². The molecular formula is C18H36O. The first-order chi connectivity index (χ1) is 9.41. The standard InChI is InChI=1S/C18H36O/c1-3-4-5-6-7-8-9-10-11-12-13-14-15-16-17-18-19-2/h17-18H,3-16H2,1-2H3. The van der Waals surface area contributed by atoms with Gasteiger partial charge in [0, 0.05) is 0 Å². The third-order valence-corrected chi connectivity index (χ3v) is 3.71. The fraction of sp³-hybridized carbons (Fsp3) is 0.889. The molecule has 0 aliphatic heterocycles. The largest absolute Gasteiger partial charge is 0.505 e. The van der Waals surface area contributed by atoms with Crippen molar-refractivity contribution in [1.82, 2.24) is 0 Å². The molecule has 0 aromatic rings. The van der Waals surface area contributed by atoms with E-state index in [9.17, 15) is 0 Å². The van der Waals surface area contributed by atoms with E-state index in [4.69, 9.17) is 4.74 Å². The van der Waals surface area contributed by atoms with Crippen molar-refractivity contribution in [1.29, 1.82) is 0 Å². The average molecular weight is 268 g/mol. The molecule has 19 heavy (non-hydrogen) atoms. The van der Waals surface area contributed by atoms with Crippen LogP contribution in [0.5, 0.6) is 0 Å². The van der Waals surface area contributed by atoms with Gasteiger partial charge < -0.3 is 4.74 Å². The Hall–Kier alpha value is -0.460. The summed E-state index contributed by atoms with van der Waals surface area (Å²) in [6.45, 7) is 2.29. The number of hydrogen-bond donors (Lipinski definition) is 0. The number of methoxy groups -OCH3 is 1. The highest BCUT2D eigenvalue weighted by Crippen LogP contribution is 2.12. The van der Waals surface area contributed by atoms with Crippen LogP contribution in [0.2, 0.25) is 0 Å². The Labute approximate surface area is 121 Å². The lowest BCUT2D eigenvalue weighted by molar-refractivity contribution is 0.336. The van der Waals surface area contributed by atoms with E-state index in [2.05, 4.69) is 13.0 Å². The summed E-state index contributed by atoms with van der Waals surface area (Å²) in [6.07, 6.45) is 23.6. The molecule has 1 nitrogen and oxygen atoms in total. The monoisotopic (exact) mass is 268 g/mol. The van der Waals surface area contributed by atoms with Gasteiger partial charge in [-0.25, -0.2) is 0 Å². The average Bonchev–Trinajstić information content (AvgIpc) is 2.43. The van der Waals surface area contributed by atoms with E-state index in [0.29, 0.717) is 0 Å². The summed E-state index contributed by atoms with van der Waals surface area (Å²) in [5.74, 6) is 0. The molecule has 0 N–H and O–H groups in total. The normalized spacial score (nSPS) is 11.3. The lowest BCUT2D eigenvalue weighted by Gasteiger charge is -2.02. The van der Waals surface area contributed by atoms with Crippen LogP contribution < -0.4 is 0 Å². The summed E-state index contributed by atoms with van der Waals surface area (Å²) in [7, 11) is 1.71. The second kappa shape index (κ2) is 17.5. The van der Waals surface area contributed by atoms with Gasteiger partial charge in [-0.15, -0.1) is 0 Å². The summed E-state index contributed by atoms with van der Waals surface area (Å²) in [6, 6.07) is 0. The molecule has 0 aliphatic carbocycles. The van der Waals surface area contributed by atoms with Crippen LogP contribution in [0, 0.1) is 0 Å². The molecule has 0 aromatic carbocycles. The SMILES string of the molecule is CCCCCCCCCCCCCCCC=COC. The molecule has 0 radical (unpaired) electrons. The third kappa shape index (κ3) is 17.5. The molecule has 0 aromatic heterocycles. The Morgan fingerprint density at radius 3 is 1.47 bits per heavy atom. The van der Waals surface area contributed by atoms with E-state index in [1.165, 1.54) is 89.9 Å². The van der Waals surface area contributed by atoms with E-state index in [-0.39, 0.29) is 0 Å². The molecule has 0 fully saturated rings. The Morgan fingerprint density at radius 2 is 1.05 bits per heavy atom. The van der Waals surface area contributed by atoms with E-state index in [1.807, 2.05) is 0 Å². The first kappa shape index (κ1) is 18.5. The van der Waals surface area contributed by atoms with Gasteiger partial charge >= 0.3 is 0 Å². The van der Waals surface area contributed by atoms with Crippen LogP contribution in [0.1, 0.15) is 96.8 Å². The van der Waals surface area contributed by atoms with Crippen molar-refractivity contribution in [3.63, 3.8) is 0 Å². The van der Waals surface area contributed by atoms with Crippen LogP contribution >= 0.6 is 0 Å². The second-order valence-electron chi connectivity index (χ2n) is 5.64. The highest BCUT2D eigenvalue weighted by molar-refractivity contribution is 4.72. The molecule has 0 spiro atoms. The van der Waals surface area contributed by atoms with E-state index in [1.54, 1.807) is 13.4 Å². The molecule has 114 valence electrons. The van der Waals surface area contributed by atoms with Crippen LogP contribution in [-0.2, 0) is 4.74 Å². The van der Waals surface area contributed by atoms with Gasteiger partial charge in [0.2, 0.25) is 0 Å². The van der Waals surface area contributed by atoms with Gasteiger partial charge in [-0.05, 0) is 18.9 Å². The molecule has 0 heterocycles. The van der Waals surface area contributed by atoms with Gasteiger partial charge in [0.15, 0.2) is 0 Å². The topological polar surface area (TPSA) is 9.23 Å². The van der Waals surface area contributed by atoms with Crippen LogP contribution in [0.3, 0.4) is 0 Å². The number of rotatable bonds is 15. The van der Waals surface area contributed by atoms with Crippen LogP contribution in [-0.4, -0.2) is 7.11 Å². The summed E-state index contributed by atoms with van der Waals surface area (Å²) in [5.41, 5.74) is 0. The van der Waals surface area contributed by atoms with Crippen LogP contribution in [0.25, 0.3) is 0 Å². The molecule has 0 amide bonds. The molecular weight excluding hydrogens is 232 g/mol. The molecule has 0 saturated heterocycles. The predicted molar refractivity (Wildman–Crippen MR) is 86.5 cm³/mol. The zero-order valence-electron chi connectivity index (χ0n) is 13.5. The van der Waals surface area contributed by atoms with Crippen LogP contribution in [0.4, 0.5) is 0 Å². The maximum atomic E-state index is 4.87. The zero-order valence-corrected chi connectivity index (χ0v) is 13.5. The van der Waals surface area contributed by atoms with Crippen molar-refractivity contribution in [3.8, 4) is 0 Å². The van der Waals surface area contributed by atoms with Crippen LogP contribution in [0.15, 0.2) is 12.3 Å². The minimum Gasteiger partial charge on any atom is -0.505 e. The summed E-state index contributed by atoms with van der Waals surface area (Å²) >= 11 is 0. The van der Waals surface area contributed by atoms with Crippen molar-refractivity contribution in [2.24, 2.45) is 0 Å². The van der Waals surface area contributed by atoms with Gasteiger partial charge in [-0.2, -0.15) is 0 Å². The quantitative estimate of drug-likeness (QED) is 0.239. The molecule has 0 atom stereocenters. The zero-order chi connectivity index (χ0) is 14.0. The van der Waals surface area contributed by atoms with Crippen molar-refractivity contribution in [2.75, 3.05) is 7.11 Å². The van der Waals surface area contributed by atoms with Crippen molar-refractivity contribution in [2.45, 2.75) is 96.8 Å². The minimum absolute atomic E-state index is 1.17. The van der Waals surface area contributed by atoms with Gasteiger partial charge in [-0.1, -0.05) is 84.0 Å². The molecule has 0 bridgehead atoms. The fourth-order valence-corrected chi connectivity index (χ4v) is 2.44.